The summed E-state index contributed by atoms with van der Waals surface area (Å²) in [6.07, 6.45) is 7.88. The van der Waals surface area contributed by atoms with Gasteiger partial charge >= 0.3 is 0 Å². The predicted molar refractivity (Wildman–Crippen MR) is 126 cm³/mol. The molecule has 2 aliphatic rings. The zero-order valence-corrected chi connectivity index (χ0v) is 19.0. The van der Waals surface area contributed by atoms with Crippen molar-refractivity contribution in [2.75, 3.05) is 38.2 Å². The van der Waals surface area contributed by atoms with Crippen LogP contribution in [0.4, 0.5) is 5.69 Å². The van der Waals surface area contributed by atoms with Crippen molar-refractivity contribution in [2.24, 2.45) is 0 Å². The lowest BCUT2D eigenvalue weighted by molar-refractivity contribution is 0.414. The Morgan fingerprint density at radius 2 is 1.97 bits per heavy atom. The van der Waals surface area contributed by atoms with Gasteiger partial charge in [0.25, 0.3) is 0 Å². The number of methoxy groups -OCH3 is 1. The summed E-state index contributed by atoms with van der Waals surface area (Å²) in [4.78, 5) is 7.40. The van der Waals surface area contributed by atoms with E-state index in [4.69, 9.17) is 21.3 Å². The molecule has 3 aromatic rings. The zero-order valence-electron chi connectivity index (χ0n) is 17.5. The van der Waals surface area contributed by atoms with E-state index in [9.17, 15) is 0 Å². The van der Waals surface area contributed by atoms with Crippen LogP contribution < -0.4 is 9.64 Å². The summed E-state index contributed by atoms with van der Waals surface area (Å²) < 4.78 is 10.0. The normalized spacial score (nSPS) is 17.6. The summed E-state index contributed by atoms with van der Waals surface area (Å²) in [5.41, 5.74) is 5.41. The lowest BCUT2D eigenvalue weighted by atomic mass is 10.0. The third-order valence-corrected chi connectivity index (χ3v) is 7.63. The summed E-state index contributed by atoms with van der Waals surface area (Å²) in [5.74, 6) is 0.710. The SMILES string of the molecule is CCc1cc(OC)c(Cl)cc1-c1cn2ccc(N3CCN(SC4CC4)CC3)cc2n1. The number of anilines is 1. The van der Waals surface area contributed by atoms with Crippen LogP contribution in [0.25, 0.3) is 16.9 Å². The summed E-state index contributed by atoms with van der Waals surface area (Å²) in [6, 6.07) is 8.39. The average molecular weight is 443 g/mol. The molecule has 1 aliphatic heterocycles. The molecule has 1 aromatic carbocycles. The number of nitrogens with zero attached hydrogens (tertiary/aromatic N) is 4. The van der Waals surface area contributed by atoms with Crippen molar-refractivity contribution in [2.45, 2.75) is 31.4 Å². The Balaban J connectivity index is 1.39. The van der Waals surface area contributed by atoms with E-state index in [-0.39, 0.29) is 0 Å². The van der Waals surface area contributed by atoms with Crippen LogP contribution in [0.5, 0.6) is 5.75 Å². The third kappa shape index (κ3) is 4.01. The molecule has 0 atom stereocenters. The number of rotatable bonds is 6. The second kappa shape index (κ2) is 8.33. The Morgan fingerprint density at radius 3 is 2.67 bits per heavy atom. The highest BCUT2D eigenvalue weighted by molar-refractivity contribution is 7.97. The van der Waals surface area contributed by atoms with Gasteiger partial charge in [-0.25, -0.2) is 9.29 Å². The molecule has 1 aliphatic carbocycles. The second-order valence-corrected chi connectivity index (χ2v) is 9.80. The first kappa shape index (κ1) is 20.0. The molecule has 158 valence electrons. The maximum Gasteiger partial charge on any atom is 0.139 e. The summed E-state index contributed by atoms with van der Waals surface area (Å²) >= 11 is 8.47. The van der Waals surface area contributed by atoms with E-state index in [1.807, 2.05) is 12.1 Å². The highest BCUT2D eigenvalue weighted by Gasteiger charge is 2.27. The van der Waals surface area contributed by atoms with E-state index in [1.165, 1.54) is 24.1 Å². The smallest absolute Gasteiger partial charge is 0.139 e. The fourth-order valence-corrected chi connectivity index (χ4v) is 5.40. The van der Waals surface area contributed by atoms with Gasteiger partial charge in [-0.05, 0) is 43.0 Å². The molecule has 0 radical (unpaired) electrons. The minimum Gasteiger partial charge on any atom is -0.495 e. The maximum atomic E-state index is 6.41. The molecule has 0 amide bonds. The molecule has 5 rings (SSSR count). The van der Waals surface area contributed by atoms with Gasteiger partial charge in [-0.2, -0.15) is 0 Å². The van der Waals surface area contributed by atoms with Crippen molar-refractivity contribution in [1.82, 2.24) is 13.7 Å². The average Bonchev–Trinajstić information content (AvgIpc) is 3.48. The number of halogens is 1. The lowest BCUT2D eigenvalue weighted by Crippen LogP contribution is -2.43. The summed E-state index contributed by atoms with van der Waals surface area (Å²) in [7, 11) is 1.65. The van der Waals surface area contributed by atoms with Crippen LogP contribution in [0, 0.1) is 0 Å². The van der Waals surface area contributed by atoms with Gasteiger partial charge in [0.05, 0.1) is 17.8 Å². The van der Waals surface area contributed by atoms with Gasteiger partial charge in [0.15, 0.2) is 0 Å². The molecule has 2 fully saturated rings. The van der Waals surface area contributed by atoms with E-state index >= 15 is 0 Å². The van der Waals surface area contributed by atoms with Crippen LogP contribution >= 0.6 is 23.5 Å². The number of hydrogen-bond acceptors (Lipinski definition) is 5. The molecule has 5 nitrogen and oxygen atoms in total. The van der Waals surface area contributed by atoms with Crippen molar-refractivity contribution in [3.63, 3.8) is 0 Å². The van der Waals surface area contributed by atoms with Gasteiger partial charge < -0.3 is 14.0 Å². The van der Waals surface area contributed by atoms with Gasteiger partial charge in [0, 0.05) is 61.1 Å². The Hall–Kier alpha value is -1.89. The van der Waals surface area contributed by atoms with Crippen LogP contribution in [-0.4, -0.2) is 52.2 Å². The first-order chi connectivity index (χ1) is 14.6. The van der Waals surface area contributed by atoms with Gasteiger partial charge in [-0.1, -0.05) is 30.5 Å². The van der Waals surface area contributed by atoms with Crippen molar-refractivity contribution in [3.8, 4) is 17.0 Å². The number of ether oxygens (including phenoxy) is 1. The number of aromatic nitrogens is 2. The molecular formula is C23H27ClN4OS. The number of fused-ring (bicyclic) bond motifs is 1. The minimum absolute atomic E-state index is 0.615. The molecule has 0 spiro atoms. The van der Waals surface area contributed by atoms with Crippen LogP contribution in [0.15, 0.2) is 36.7 Å². The molecule has 2 aromatic heterocycles. The highest BCUT2D eigenvalue weighted by atomic mass is 35.5. The maximum absolute atomic E-state index is 6.41. The fraction of sp³-hybridized carbons (Fsp3) is 0.435. The Morgan fingerprint density at radius 1 is 1.17 bits per heavy atom. The predicted octanol–water partition coefficient (Wildman–Crippen LogP) is 5.16. The van der Waals surface area contributed by atoms with Gasteiger partial charge in [0.1, 0.15) is 11.4 Å². The molecule has 3 heterocycles. The molecule has 7 heteroatoms. The molecular weight excluding hydrogens is 416 g/mol. The van der Waals surface area contributed by atoms with Crippen molar-refractivity contribution < 1.29 is 4.74 Å². The van der Waals surface area contributed by atoms with E-state index in [0.717, 1.165) is 54.8 Å². The number of aryl methyl sites for hydroxylation is 1. The Kier molecular flexibility index (Phi) is 5.56. The van der Waals surface area contributed by atoms with E-state index in [1.54, 1.807) is 7.11 Å². The van der Waals surface area contributed by atoms with Crippen LogP contribution in [0.3, 0.4) is 0 Å². The van der Waals surface area contributed by atoms with E-state index in [0.29, 0.717) is 10.8 Å². The summed E-state index contributed by atoms with van der Waals surface area (Å²) in [5, 5.41) is 1.50. The van der Waals surface area contributed by atoms with Crippen molar-refractivity contribution in [1.29, 1.82) is 0 Å². The first-order valence-electron chi connectivity index (χ1n) is 10.7. The Labute approximate surface area is 187 Å². The van der Waals surface area contributed by atoms with Gasteiger partial charge in [-0.3, -0.25) is 0 Å². The highest BCUT2D eigenvalue weighted by Crippen LogP contribution is 2.37. The number of piperazine rings is 1. The quantitative estimate of drug-likeness (QED) is 0.492. The van der Waals surface area contributed by atoms with E-state index < -0.39 is 0 Å². The van der Waals surface area contributed by atoms with Crippen LogP contribution in [0.1, 0.15) is 25.3 Å². The molecule has 1 saturated carbocycles. The fourth-order valence-electron chi connectivity index (χ4n) is 4.02. The molecule has 0 bridgehead atoms. The second-order valence-electron chi connectivity index (χ2n) is 7.99. The topological polar surface area (TPSA) is 33.0 Å². The molecule has 30 heavy (non-hydrogen) atoms. The lowest BCUT2D eigenvalue weighted by Gasteiger charge is -2.35. The van der Waals surface area contributed by atoms with Crippen LogP contribution in [0.2, 0.25) is 5.02 Å². The number of pyridine rings is 1. The number of hydrogen-bond donors (Lipinski definition) is 0. The standard InChI is InChI=1S/C23H27ClN4OS/c1-3-16-12-22(29-2)20(24)14-19(16)21-15-27-7-6-17(13-23(27)25-21)26-8-10-28(11-9-26)30-18-4-5-18/h6-7,12-15,18H,3-5,8-11H2,1-2H3. The Bertz CT molecular complexity index is 1060. The minimum atomic E-state index is 0.615. The van der Waals surface area contributed by atoms with Crippen molar-refractivity contribution in [3.05, 3.63) is 47.2 Å². The summed E-state index contributed by atoms with van der Waals surface area (Å²) in [6.45, 7) is 6.52. The first-order valence-corrected chi connectivity index (χ1v) is 11.9. The van der Waals surface area contributed by atoms with Gasteiger partial charge in [0.2, 0.25) is 0 Å². The zero-order chi connectivity index (χ0) is 20.7. The largest absolute Gasteiger partial charge is 0.495 e. The number of imidazole rings is 1. The van der Waals surface area contributed by atoms with E-state index in [2.05, 4.69) is 57.0 Å². The van der Waals surface area contributed by atoms with Crippen molar-refractivity contribution >= 4 is 34.9 Å². The third-order valence-electron chi connectivity index (χ3n) is 5.90. The molecule has 1 saturated heterocycles. The van der Waals surface area contributed by atoms with Crippen LogP contribution in [-0.2, 0) is 6.42 Å². The van der Waals surface area contributed by atoms with Gasteiger partial charge in [-0.15, -0.1) is 0 Å². The molecule has 0 N–H and O–H groups in total. The number of benzene rings is 1. The molecule has 0 unspecified atom stereocenters. The monoisotopic (exact) mass is 442 g/mol.